The maximum Gasteiger partial charge on any atom is 0.271 e. The zero-order valence-corrected chi connectivity index (χ0v) is 8.19. The summed E-state index contributed by atoms with van der Waals surface area (Å²) in [6, 6.07) is 3.19. The predicted octanol–water partition coefficient (Wildman–Crippen LogP) is -0.0227. The topological polar surface area (TPSA) is 75.1 Å². The molecule has 0 aliphatic heterocycles. The molecule has 0 aliphatic rings. The van der Waals surface area contributed by atoms with Crippen LogP contribution in [0.4, 0.5) is 0 Å². The number of nitrogens with one attached hydrogen (secondary N) is 1. The fourth-order valence-electron chi connectivity index (χ4n) is 0.810. The van der Waals surface area contributed by atoms with Gasteiger partial charge in [-0.05, 0) is 26.0 Å². The lowest BCUT2D eigenvalue weighted by molar-refractivity contribution is 0.0691. The first kappa shape index (κ1) is 10.6. The summed E-state index contributed by atoms with van der Waals surface area (Å²) in [5.41, 5.74) is -0.672. The van der Waals surface area contributed by atoms with Gasteiger partial charge in [-0.3, -0.25) is 4.79 Å². The summed E-state index contributed by atoms with van der Waals surface area (Å²) >= 11 is 0. The van der Waals surface area contributed by atoms with E-state index in [4.69, 9.17) is 0 Å². The van der Waals surface area contributed by atoms with E-state index in [0.717, 1.165) is 0 Å². The fraction of sp³-hybridized carbons (Fsp3) is 0.444. The zero-order valence-electron chi connectivity index (χ0n) is 8.19. The summed E-state index contributed by atoms with van der Waals surface area (Å²) < 4.78 is 0. The minimum absolute atomic E-state index is 0.183. The molecule has 5 nitrogen and oxygen atoms in total. The van der Waals surface area contributed by atoms with Gasteiger partial charge in [0.05, 0.1) is 5.60 Å². The third-order valence-electron chi connectivity index (χ3n) is 1.49. The average Bonchev–Trinajstić information content (AvgIpc) is 2.14. The van der Waals surface area contributed by atoms with Crippen molar-refractivity contribution < 1.29 is 9.90 Å². The molecule has 0 bridgehead atoms. The van der Waals surface area contributed by atoms with Crippen molar-refractivity contribution in [3.63, 3.8) is 0 Å². The third kappa shape index (κ3) is 3.49. The van der Waals surface area contributed by atoms with Crippen molar-refractivity contribution in [2.45, 2.75) is 19.4 Å². The van der Waals surface area contributed by atoms with E-state index < -0.39 is 5.60 Å². The number of aliphatic hydroxyl groups is 1. The van der Waals surface area contributed by atoms with Gasteiger partial charge < -0.3 is 10.4 Å². The molecule has 1 amide bonds. The number of amides is 1. The van der Waals surface area contributed by atoms with Crippen LogP contribution in [0.1, 0.15) is 24.3 Å². The van der Waals surface area contributed by atoms with Gasteiger partial charge in [0.25, 0.3) is 5.91 Å². The van der Waals surface area contributed by atoms with E-state index in [-0.39, 0.29) is 18.1 Å². The summed E-state index contributed by atoms with van der Waals surface area (Å²) in [5.74, 6) is -0.333. The van der Waals surface area contributed by atoms with Crippen molar-refractivity contribution >= 4 is 5.91 Å². The molecule has 0 radical (unpaired) electrons. The Labute approximate surface area is 82.2 Å². The maximum absolute atomic E-state index is 11.4. The molecule has 0 unspecified atom stereocenters. The lowest BCUT2D eigenvalue weighted by Crippen LogP contribution is -2.38. The summed E-state index contributed by atoms with van der Waals surface area (Å²) in [6.45, 7) is 3.41. The van der Waals surface area contributed by atoms with Crippen LogP contribution < -0.4 is 5.32 Å². The monoisotopic (exact) mass is 195 g/mol. The lowest BCUT2D eigenvalue weighted by atomic mass is 10.1. The second-order valence-corrected chi connectivity index (χ2v) is 3.60. The molecular weight excluding hydrogens is 182 g/mol. The fourth-order valence-corrected chi connectivity index (χ4v) is 0.810. The Balaban J connectivity index is 2.52. The highest BCUT2D eigenvalue weighted by Gasteiger charge is 2.15. The van der Waals surface area contributed by atoms with Crippen molar-refractivity contribution in [2.75, 3.05) is 6.54 Å². The standard InChI is InChI=1S/C9H13N3O2/c1-9(2,14)6-10-8(13)7-4-3-5-11-12-7/h3-5,14H,6H2,1-2H3,(H,10,13). The van der Waals surface area contributed by atoms with Crippen molar-refractivity contribution in [3.05, 3.63) is 24.0 Å². The van der Waals surface area contributed by atoms with E-state index in [0.29, 0.717) is 0 Å². The molecule has 1 aromatic rings. The van der Waals surface area contributed by atoms with Crippen LogP contribution in [0.2, 0.25) is 0 Å². The first-order valence-electron chi connectivity index (χ1n) is 4.27. The second-order valence-electron chi connectivity index (χ2n) is 3.60. The van der Waals surface area contributed by atoms with Gasteiger partial charge in [-0.15, -0.1) is 5.10 Å². The molecule has 5 heteroatoms. The Hall–Kier alpha value is -1.49. The van der Waals surface area contributed by atoms with Gasteiger partial charge in [-0.25, -0.2) is 0 Å². The number of carbonyl (C=O) groups excluding carboxylic acids is 1. The van der Waals surface area contributed by atoms with Crippen LogP contribution in [0.15, 0.2) is 18.3 Å². The maximum atomic E-state index is 11.4. The average molecular weight is 195 g/mol. The molecule has 0 saturated carbocycles. The summed E-state index contributed by atoms with van der Waals surface area (Å²) in [5, 5.41) is 19.1. The molecule has 0 saturated heterocycles. The largest absolute Gasteiger partial charge is 0.389 e. The van der Waals surface area contributed by atoms with Gasteiger partial charge in [0, 0.05) is 12.7 Å². The molecule has 2 N–H and O–H groups in total. The molecule has 1 aromatic heterocycles. The van der Waals surface area contributed by atoms with Crippen LogP contribution in [0.25, 0.3) is 0 Å². The summed E-state index contributed by atoms with van der Waals surface area (Å²) in [6.07, 6.45) is 1.49. The SMILES string of the molecule is CC(C)(O)CNC(=O)c1cccnn1. The van der Waals surface area contributed by atoms with Gasteiger partial charge in [-0.1, -0.05) is 0 Å². The number of carbonyl (C=O) groups is 1. The minimum Gasteiger partial charge on any atom is -0.389 e. The van der Waals surface area contributed by atoms with Crippen molar-refractivity contribution in [1.29, 1.82) is 0 Å². The Morgan fingerprint density at radius 3 is 2.86 bits per heavy atom. The van der Waals surface area contributed by atoms with Crippen LogP contribution in [0.5, 0.6) is 0 Å². The van der Waals surface area contributed by atoms with Gasteiger partial charge in [0.15, 0.2) is 5.69 Å². The van der Waals surface area contributed by atoms with E-state index >= 15 is 0 Å². The molecule has 1 rings (SSSR count). The molecule has 0 aliphatic carbocycles. The molecule has 0 spiro atoms. The van der Waals surface area contributed by atoms with Crippen molar-refractivity contribution in [2.24, 2.45) is 0 Å². The van der Waals surface area contributed by atoms with Crippen LogP contribution in [-0.4, -0.2) is 33.4 Å². The van der Waals surface area contributed by atoms with Crippen LogP contribution in [0.3, 0.4) is 0 Å². The quantitative estimate of drug-likeness (QED) is 0.710. The number of nitrogens with zero attached hydrogens (tertiary/aromatic N) is 2. The zero-order chi connectivity index (χ0) is 10.6. The van der Waals surface area contributed by atoms with E-state index in [1.807, 2.05) is 0 Å². The van der Waals surface area contributed by atoms with Gasteiger partial charge in [0.1, 0.15) is 0 Å². The number of aromatic nitrogens is 2. The number of hydrogen-bond donors (Lipinski definition) is 2. The molecule has 0 atom stereocenters. The highest BCUT2D eigenvalue weighted by molar-refractivity contribution is 5.91. The van der Waals surface area contributed by atoms with Crippen LogP contribution >= 0.6 is 0 Å². The lowest BCUT2D eigenvalue weighted by Gasteiger charge is -2.17. The highest BCUT2D eigenvalue weighted by Crippen LogP contribution is 1.98. The molecule has 1 heterocycles. The molecule has 14 heavy (non-hydrogen) atoms. The first-order chi connectivity index (χ1) is 6.49. The van der Waals surface area contributed by atoms with Crippen molar-refractivity contribution in [3.8, 4) is 0 Å². The molecule has 0 aromatic carbocycles. The Morgan fingerprint density at radius 1 is 1.64 bits per heavy atom. The Kier molecular flexibility index (Phi) is 3.14. The normalized spacial score (nSPS) is 11.1. The second kappa shape index (κ2) is 4.15. The Bertz CT molecular complexity index is 306. The van der Waals surface area contributed by atoms with Gasteiger partial charge >= 0.3 is 0 Å². The number of rotatable bonds is 3. The summed E-state index contributed by atoms with van der Waals surface area (Å²) in [4.78, 5) is 11.4. The van der Waals surface area contributed by atoms with Crippen molar-refractivity contribution in [1.82, 2.24) is 15.5 Å². The third-order valence-corrected chi connectivity index (χ3v) is 1.49. The van der Waals surface area contributed by atoms with E-state index in [1.165, 1.54) is 6.20 Å². The van der Waals surface area contributed by atoms with Crippen LogP contribution in [-0.2, 0) is 0 Å². The van der Waals surface area contributed by atoms with E-state index in [1.54, 1.807) is 26.0 Å². The highest BCUT2D eigenvalue weighted by atomic mass is 16.3. The summed E-state index contributed by atoms with van der Waals surface area (Å²) in [7, 11) is 0. The molecular formula is C9H13N3O2. The smallest absolute Gasteiger partial charge is 0.271 e. The number of hydrogen-bond acceptors (Lipinski definition) is 4. The van der Waals surface area contributed by atoms with Gasteiger partial charge in [-0.2, -0.15) is 5.10 Å². The Morgan fingerprint density at radius 2 is 2.36 bits per heavy atom. The van der Waals surface area contributed by atoms with E-state index in [9.17, 15) is 9.90 Å². The predicted molar refractivity (Wildman–Crippen MR) is 50.7 cm³/mol. The minimum atomic E-state index is -0.919. The molecule has 0 fully saturated rings. The van der Waals surface area contributed by atoms with Gasteiger partial charge in [0.2, 0.25) is 0 Å². The molecule has 76 valence electrons. The first-order valence-corrected chi connectivity index (χ1v) is 4.27. The van der Waals surface area contributed by atoms with Crippen LogP contribution in [0, 0.1) is 0 Å². The van der Waals surface area contributed by atoms with E-state index in [2.05, 4.69) is 15.5 Å².